The molecule has 0 atom stereocenters. The summed E-state index contributed by atoms with van der Waals surface area (Å²) in [5, 5.41) is 0. The smallest absolute Gasteiger partial charge is 0.231 e. The molecule has 1 amide bonds. The van der Waals surface area contributed by atoms with Crippen molar-refractivity contribution >= 4 is 17.4 Å². The maximum atomic E-state index is 12.4. The van der Waals surface area contributed by atoms with Gasteiger partial charge in [-0.3, -0.25) is 14.6 Å². The van der Waals surface area contributed by atoms with Gasteiger partial charge in [0.2, 0.25) is 5.91 Å². The third-order valence-corrected chi connectivity index (χ3v) is 3.89. The van der Waals surface area contributed by atoms with E-state index in [1.54, 1.807) is 23.2 Å². The average Bonchev–Trinajstić information content (AvgIpc) is 2.48. The van der Waals surface area contributed by atoms with Crippen molar-refractivity contribution in [2.45, 2.75) is 26.8 Å². The molecule has 1 aromatic carbocycles. The number of carbonyl (C=O) groups is 2. The van der Waals surface area contributed by atoms with Gasteiger partial charge in [-0.15, -0.1) is 0 Å². The Bertz CT molecular complexity index is 720. The zero-order chi connectivity index (χ0) is 15.0. The molecule has 2 aromatic rings. The number of ketones is 1. The summed E-state index contributed by atoms with van der Waals surface area (Å²) in [4.78, 5) is 29.5. The summed E-state index contributed by atoms with van der Waals surface area (Å²) in [6, 6.07) is 9.54. The van der Waals surface area contributed by atoms with Crippen LogP contribution in [0.5, 0.6) is 0 Å². The first kappa shape index (κ1) is 13.5. The molecule has 0 spiro atoms. The quantitative estimate of drug-likeness (QED) is 0.795. The van der Waals surface area contributed by atoms with Crippen molar-refractivity contribution in [1.82, 2.24) is 4.98 Å². The second-order valence-corrected chi connectivity index (χ2v) is 5.33. The third kappa shape index (κ3) is 2.44. The number of anilines is 1. The number of hydrogen-bond donors (Lipinski definition) is 0. The Morgan fingerprint density at radius 3 is 2.71 bits per heavy atom. The highest BCUT2D eigenvalue weighted by Crippen LogP contribution is 2.26. The van der Waals surface area contributed by atoms with E-state index in [1.165, 1.54) is 12.5 Å². The predicted octanol–water partition coefficient (Wildman–Crippen LogP) is 2.68. The molecule has 1 aliphatic rings. The number of nitrogens with zero attached hydrogens (tertiary/aromatic N) is 2. The molecular weight excluding hydrogens is 264 g/mol. The average molecular weight is 280 g/mol. The van der Waals surface area contributed by atoms with Crippen LogP contribution in [-0.2, 0) is 17.8 Å². The molecule has 4 heteroatoms. The fraction of sp³-hybridized carbons (Fsp3) is 0.235. The summed E-state index contributed by atoms with van der Waals surface area (Å²) in [5.41, 5.74) is 4.61. The summed E-state index contributed by atoms with van der Waals surface area (Å²) in [6.07, 6.45) is 2.01. The van der Waals surface area contributed by atoms with E-state index in [2.05, 4.69) is 11.1 Å². The molecular formula is C17H16N2O2. The van der Waals surface area contributed by atoms with Gasteiger partial charge >= 0.3 is 0 Å². The van der Waals surface area contributed by atoms with Crippen LogP contribution in [0.1, 0.15) is 34.1 Å². The standard InChI is InChI=1S/C17H16N2O2/c1-11-4-3-5-13-10-19(17(21)8-15(11)13)14-6-7-16(12(2)20)18-9-14/h3-7,9H,8,10H2,1-2H3. The van der Waals surface area contributed by atoms with Crippen molar-refractivity contribution in [3.63, 3.8) is 0 Å². The first-order valence-electron chi connectivity index (χ1n) is 6.91. The SMILES string of the molecule is CC(=O)c1ccc(N2Cc3cccc(C)c3CC2=O)cn1. The summed E-state index contributed by atoms with van der Waals surface area (Å²) in [6.45, 7) is 4.06. The molecule has 2 heterocycles. The van der Waals surface area contributed by atoms with Crippen LogP contribution in [0.25, 0.3) is 0 Å². The summed E-state index contributed by atoms with van der Waals surface area (Å²) >= 11 is 0. The van der Waals surface area contributed by atoms with E-state index in [4.69, 9.17) is 0 Å². The second-order valence-electron chi connectivity index (χ2n) is 5.33. The van der Waals surface area contributed by atoms with E-state index in [0.29, 0.717) is 18.7 Å². The van der Waals surface area contributed by atoms with Gasteiger partial charge in [0.1, 0.15) is 5.69 Å². The number of amides is 1. The van der Waals surface area contributed by atoms with Crippen LogP contribution in [0.4, 0.5) is 5.69 Å². The Morgan fingerprint density at radius 1 is 1.24 bits per heavy atom. The third-order valence-electron chi connectivity index (χ3n) is 3.89. The molecule has 1 aliphatic heterocycles. The van der Waals surface area contributed by atoms with Gasteiger partial charge in [-0.1, -0.05) is 18.2 Å². The fourth-order valence-electron chi connectivity index (χ4n) is 2.66. The monoisotopic (exact) mass is 280 g/mol. The Balaban J connectivity index is 1.93. The van der Waals surface area contributed by atoms with Crippen LogP contribution < -0.4 is 4.90 Å². The predicted molar refractivity (Wildman–Crippen MR) is 80.3 cm³/mol. The van der Waals surface area contributed by atoms with Crippen molar-refractivity contribution in [2.75, 3.05) is 4.90 Å². The van der Waals surface area contributed by atoms with Crippen molar-refractivity contribution in [1.29, 1.82) is 0 Å². The molecule has 0 radical (unpaired) electrons. The molecule has 4 nitrogen and oxygen atoms in total. The highest BCUT2D eigenvalue weighted by atomic mass is 16.2. The maximum absolute atomic E-state index is 12.4. The van der Waals surface area contributed by atoms with Crippen LogP contribution >= 0.6 is 0 Å². The van der Waals surface area contributed by atoms with Gasteiger partial charge in [-0.25, -0.2) is 0 Å². The zero-order valence-electron chi connectivity index (χ0n) is 12.1. The maximum Gasteiger partial charge on any atom is 0.231 e. The summed E-state index contributed by atoms with van der Waals surface area (Å²) in [5.74, 6) is -0.0123. The molecule has 0 aliphatic carbocycles. The first-order valence-corrected chi connectivity index (χ1v) is 6.91. The molecule has 3 rings (SSSR count). The van der Waals surface area contributed by atoms with E-state index in [-0.39, 0.29) is 11.7 Å². The fourth-order valence-corrected chi connectivity index (χ4v) is 2.66. The second kappa shape index (κ2) is 5.13. The number of carbonyl (C=O) groups excluding carboxylic acids is 2. The van der Waals surface area contributed by atoms with Gasteiger partial charge in [-0.2, -0.15) is 0 Å². The Kier molecular flexibility index (Phi) is 3.29. The van der Waals surface area contributed by atoms with Gasteiger partial charge in [0.25, 0.3) is 0 Å². The molecule has 0 saturated heterocycles. The van der Waals surface area contributed by atoms with Crippen molar-refractivity contribution in [2.24, 2.45) is 0 Å². The van der Waals surface area contributed by atoms with Gasteiger partial charge in [0, 0.05) is 6.92 Å². The van der Waals surface area contributed by atoms with Crippen LogP contribution in [0, 0.1) is 6.92 Å². The van der Waals surface area contributed by atoms with Crippen LogP contribution in [-0.4, -0.2) is 16.7 Å². The van der Waals surface area contributed by atoms with Crippen LogP contribution in [0.3, 0.4) is 0 Å². The number of aromatic nitrogens is 1. The minimum Gasteiger partial charge on any atom is -0.306 e. The topological polar surface area (TPSA) is 50.3 Å². The Labute approximate surface area is 123 Å². The van der Waals surface area contributed by atoms with E-state index in [0.717, 1.165) is 16.8 Å². The number of aryl methyl sites for hydroxylation is 1. The molecule has 21 heavy (non-hydrogen) atoms. The van der Waals surface area contributed by atoms with Crippen molar-refractivity contribution < 1.29 is 9.59 Å². The molecule has 0 saturated carbocycles. The highest BCUT2D eigenvalue weighted by Gasteiger charge is 2.25. The van der Waals surface area contributed by atoms with Gasteiger partial charge in [-0.05, 0) is 35.7 Å². The molecule has 106 valence electrons. The highest BCUT2D eigenvalue weighted by molar-refractivity contribution is 5.97. The van der Waals surface area contributed by atoms with Gasteiger partial charge < -0.3 is 4.90 Å². The zero-order valence-corrected chi connectivity index (χ0v) is 12.1. The Morgan fingerprint density at radius 2 is 2.05 bits per heavy atom. The van der Waals surface area contributed by atoms with E-state index < -0.39 is 0 Å². The summed E-state index contributed by atoms with van der Waals surface area (Å²) in [7, 11) is 0. The molecule has 1 aromatic heterocycles. The lowest BCUT2D eigenvalue weighted by molar-refractivity contribution is -0.118. The lowest BCUT2D eigenvalue weighted by Gasteiger charge is -2.29. The molecule has 0 bridgehead atoms. The number of hydrogen-bond acceptors (Lipinski definition) is 3. The van der Waals surface area contributed by atoms with E-state index in [1.807, 2.05) is 19.1 Å². The minimum atomic E-state index is -0.0764. The molecule has 0 unspecified atom stereocenters. The van der Waals surface area contributed by atoms with Gasteiger partial charge in [0.05, 0.1) is 24.8 Å². The van der Waals surface area contributed by atoms with E-state index in [9.17, 15) is 9.59 Å². The van der Waals surface area contributed by atoms with Crippen molar-refractivity contribution in [3.05, 3.63) is 58.9 Å². The summed E-state index contributed by atoms with van der Waals surface area (Å²) < 4.78 is 0. The Hall–Kier alpha value is -2.49. The minimum absolute atomic E-state index is 0.0641. The molecule has 0 N–H and O–H groups in total. The first-order chi connectivity index (χ1) is 10.1. The largest absolute Gasteiger partial charge is 0.306 e. The molecule has 0 fully saturated rings. The van der Waals surface area contributed by atoms with Gasteiger partial charge in [0.15, 0.2) is 5.78 Å². The number of fused-ring (bicyclic) bond motifs is 1. The number of Topliss-reactive ketones (excluding diaryl/α,β-unsaturated/α-hetero) is 1. The normalized spacial score (nSPS) is 14.0. The lowest BCUT2D eigenvalue weighted by atomic mass is 9.94. The number of rotatable bonds is 2. The van der Waals surface area contributed by atoms with Crippen LogP contribution in [0.2, 0.25) is 0 Å². The van der Waals surface area contributed by atoms with E-state index >= 15 is 0 Å². The lowest BCUT2D eigenvalue weighted by Crippen LogP contribution is -2.36. The number of benzene rings is 1. The van der Waals surface area contributed by atoms with Crippen LogP contribution in [0.15, 0.2) is 36.5 Å². The van der Waals surface area contributed by atoms with Crippen molar-refractivity contribution in [3.8, 4) is 0 Å². The number of pyridine rings is 1.